The van der Waals surface area contributed by atoms with Crippen LogP contribution in [0.5, 0.6) is 0 Å². The van der Waals surface area contributed by atoms with Crippen LogP contribution in [0.1, 0.15) is 55.8 Å². The molecule has 2 aromatic rings. The molecule has 0 amide bonds. The van der Waals surface area contributed by atoms with Crippen molar-refractivity contribution < 1.29 is 18.3 Å². The van der Waals surface area contributed by atoms with E-state index in [1.165, 1.54) is 6.42 Å². The Morgan fingerprint density at radius 1 is 1.08 bits per heavy atom. The zero-order valence-electron chi connectivity index (χ0n) is 15.0. The van der Waals surface area contributed by atoms with Gasteiger partial charge in [-0.15, -0.1) is 0 Å². The lowest BCUT2D eigenvalue weighted by Gasteiger charge is -2.28. The molecule has 0 aliphatic heterocycles. The van der Waals surface area contributed by atoms with Gasteiger partial charge < -0.3 is 4.74 Å². The number of halogens is 2. The van der Waals surface area contributed by atoms with Crippen LogP contribution >= 0.6 is 0 Å². The van der Waals surface area contributed by atoms with E-state index in [2.05, 4.69) is 12.2 Å². The molecule has 0 radical (unpaired) electrons. The SMILES string of the molecule is C/C=C/CCC1CCC(OC(=O)c2ccc3cc(F)c(F)cc3c2)CC1. The smallest absolute Gasteiger partial charge is 0.338 e. The van der Waals surface area contributed by atoms with E-state index in [-0.39, 0.29) is 6.10 Å². The van der Waals surface area contributed by atoms with Gasteiger partial charge in [0.1, 0.15) is 6.10 Å². The number of benzene rings is 2. The minimum atomic E-state index is -0.917. The third-order valence-electron chi connectivity index (χ3n) is 5.16. The molecule has 0 unspecified atom stereocenters. The Bertz CT molecular complexity index is 805. The molecule has 0 bridgehead atoms. The van der Waals surface area contributed by atoms with Crippen molar-refractivity contribution in [2.24, 2.45) is 5.92 Å². The molecule has 2 aromatic carbocycles. The van der Waals surface area contributed by atoms with Gasteiger partial charge in [-0.3, -0.25) is 0 Å². The topological polar surface area (TPSA) is 26.3 Å². The van der Waals surface area contributed by atoms with Crippen molar-refractivity contribution in [3.8, 4) is 0 Å². The number of ether oxygens (including phenoxy) is 1. The zero-order valence-corrected chi connectivity index (χ0v) is 15.0. The quantitative estimate of drug-likeness (QED) is 0.470. The van der Waals surface area contributed by atoms with Gasteiger partial charge in [-0.1, -0.05) is 18.2 Å². The standard InChI is InChI=1S/C22H24F2O2/c1-2-3-4-5-15-6-10-19(11-7-15)26-22(25)17-9-8-16-13-20(23)21(24)14-18(16)12-17/h2-3,8-9,12-15,19H,4-7,10-11H2,1H3/b3-2+. The minimum Gasteiger partial charge on any atom is -0.459 e. The normalized spacial score (nSPS) is 20.6. The summed E-state index contributed by atoms with van der Waals surface area (Å²) in [6.07, 6.45) is 10.5. The molecular formula is C22H24F2O2. The lowest BCUT2D eigenvalue weighted by atomic mass is 9.84. The molecule has 26 heavy (non-hydrogen) atoms. The first-order valence-corrected chi connectivity index (χ1v) is 9.27. The first-order valence-electron chi connectivity index (χ1n) is 9.27. The number of hydrogen-bond acceptors (Lipinski definition) is 2. The van der Waals surface area contributed by atoms with Crippen molar-refractivity contribution in [3.05, 3.63) is 59.7 Å². The van der Waals surface area contributed by atoms with Gasteiger partial charge >= 0.3 is 5.97 Å². The van der Waals surface area contributed by atoms with Gasteiger partial charge in [0.15, 0.2) is 11.6 Å². The van der Waals surface area contributed by atoms with Crippen molar-refractivity contribution in [3.63, 3.8) is 0 Å². The number of carbonyl (C=O) groups excluding carboxylic acids is 1. The van der Waals surface area contributed by atoms with Gasteiger partial charge in [0.2, 0.25) is 0 Å². The van der Waals surface area contributed by atoms with Crippen LogP contribution in [0.15, 0.2) is 42.5 Å². The van der Waals surface area contributed by atoms with E-state index in [0.29, 0.717) is 22.3 Å². The highest BCUT2D eigenvalue weighted by Crippen LogP contribution is 2.30. The van der Waals surface area contributed by atoms with Crippen molar-refractivity contribution in [2.75, 3.05) is 0 Å². The molecule has 0 heterocycles. The van der Waals surface area contributed by atoms with E-state index in [0.717, 1.165) is 44.2 Å². The number of allylic oxidation sites excluding steroid dienone is 2. The highest BCUT2D eigenvalue weighted by molar-refractivity contribution is 5.95. The van der Waals surface area contributed by atoms with Crippen molar-refractivity contribution >= 4 is 16.7 Å². The van der Waals surface area contributed by atoms with Gasteiger partial charge in [0, 0.05) is 0 Å². The second kappa shape index (κ2) is 8.43. The summed E-state index contributed by atoms with van der Waals surface area (Å²) in [5.41, 5.74) is 0.374. The summed E-state index contributed by atoms with van der Waals surface area (Å²) in [5, 5.41) is 1.05. The van der Waals surface area contributed by atoms with E-state index in [1.807, 2.05) is 6.92 Å². The van der Waals surface area contributed by atoms with Crippen molar-refractivity contribution in [2.45, 2.75) is 51.6 Å². The van der Waals surface area contributed by atoms with Crippen LogP contribution < -0.4 is 0 Å². The maximum atomic E-state index is 13.4. The lowest BCUT2D eigenvalue weighted by molar-refractivity contribution is 0.0162. The summed E-state index contributed by atoms with van der Waals surface area (Å²) in [5.74, 6) is -1.49. The fourth-order valence-electron chi connectivity index (χ4n) is 3.63. The fourth-order valence-corrected chi connectivity index (χ4v) is 3.63. The third-order valence-corrected chi connectivity index (χ3v) is 5.16. The average Bonchev–Trinajstić information content (AvgIpc) is 2.64. The van der Waals surface area contributed by atoms with Gasteiger partial charge in [-0.05, 0) is 86.4 Å². The highest BCUT2D eigenvalue weighted by Gasteiger charge is 2.24. The predicted molar refractivity (Wildman–Crippen MR) is 99.1 cm³/mol. The molecule has 1 fully saturated rings. The van der Waals surface area contributed by atoms with Crippen molar-refractivity contribution in [1.29, 1.82) is 0 Å². The molecule has 0 N–H and O–H groups in total. The second-order valence-corrected chi connectivity index (χ2v) is 7.02. The summed E-state index contributed by atoms with van der Waals surface area (Å²) >= 11 is 0. The van der Waals surface area contributed by atoms with E-state index < -0.39 is 17.6 Å². The molecule has 0 saturated heterocycles. The first-order chi connectivity index (χ1) is 12.6. The largest absolute Gasteiger partial charge is 0.459 e. The second-order valence-electron chi connectivity index (χ2n) is 7.02. The molecule has 0 aromatic heterocycles. The molecule has 1 aliphatic carbocycles. The number of carbonyl (C=O) groups is 1. The van der Waals surface area contributed by atoms with Gasteiger partial charge in [-0.25, -0.2) is 13.6 Å². The van der Waals surface area contributed by atoms with E-state index >= 15 is 0 Å². The van der Waals surface area contributed by atoms with E-state index in [4.69, 9.17) is 4.74 Å². The molecule has 4 heteroatoms. The number of esters is 1. The van der Waals surface area contributed by atoms with Crippen LogP contribution in [-0.2, 0) is 4.74 Å². The van der Waals surface area contributed by atoms with Gasteiger partial charge in [-0.2, -0.15) is 0 Å². The number of hydrogen-bond donors (Lipinski definition) is 0. The van der Waals surface area contributed by atoms with Gasteiger partial charge in [0.05, 0.1) is 5.56 Å². The Hall–Kier alpha value is -2.23. The summed E-state index contributed by atoms with van der Waals surface area (Å²) in [7, 11) is 0. The molecule has 1 saturated carbocycles. The summed E-state index contributed by atoms with van der Waals surface area (Å²) in [4.78, 5) is 12.4. The third kappa shape index (κ3) is 4.48. The minimum absolute atomic E-state index is 0.0545. The average molecular weight is 358 g/mol. The molecule has 0 atom stereocenters. The molecule has 1 aliphatic rings. The van der Waals surface area contributed by atoms with Crippen LogP contribution in [0, 0.1) is 17.6 Å². The summed E-state index contributed by atoms with van der Waals surface area (Å²) in [6, 6.07) is 7.02. The van der Waals surface area contributed by atoms with E-state index in [9.17, 15) is 13.6 Å². The number of rotatable bonds is 5. The molecule has 0 spiro atoms. The van der Waals surface area contributed by atoms with Crippen molar-refractivity contribution in [1.82, 2.24) is 0 Å². The molecule has 138 valence electrons. The van der Waals surface area contributed by atoms with E-state index in [1.54, 1.807) is 18.2 Å². The zero-order chi connectivity index (χ0) is 18.5. The van der Waals surface area contributed by atoms with Crippen LogP contribution in [0.25, 0.3) is 10.8 Å². The predicted octanol–water partition coefficient (Wildman–Crippen LogP) is 6.19. The maximum absolute atomic E-state index is 13.4. The highest BCUT2D eigenvalue weighted by atomic mass is 19.2. The van der Waals surface area contributed by atoms with Gasteiger partial charge in [0.25, 0.3) is 0 Å². The summed E-state index contributed by atoms with van der Waals surface area (Å²) in [6.45, 7) is 2.04. The lowest BCUT2D eigenvalue weighted by Crippen LogP contribution is -2.24. The fraction of sp³-hybridized carbons (Fsp3) is 0.409. The molecule has 2 nitrogen and oxygen atoms in total. The van der Waals surface area contributed by atoms with Crippen LogP contribution in [-0.4, -0.2) is 12.1 Å². The van der Waals surface area contributed by atoms with Crippen LogP contribution in [0.2, 0.25) is 0 Å². The maximum Gasteiger partial charge on any atom is 0.338 e. The molecule has 3 rings (SSSR count). The molecular weight excluding hydrogens is 334 g/mol. The first kappa shape index (κ1) is 18.6. The Labute approximate surface area is 152 Å². The Balaban J connectivity index is 1.58. The monoisotopic (exact) mass is 358 g/mol. The Kier molecular flexibility index (Phi) is 6.02. The number of fused-ring (bicyclic) bond motifs is 1. The van der Waals surface area contributed by atoms with Crippen LogP contribution in [0.4, 0.5) is 8.78 Å². The Morgan fingerprint density at radius 3 is 2.46 bits per heavy atom. The summed E-state index contributed by atoms with van der Waals surface area (Å²) < 4.78 is 32.3. The Morgan fingerprint density at radius 2 is 1.77 bits per heavy atom. The van der Waals surface area contributed by atoms with Crippen LogP contribution in [0.3, 0.4) is 0 Å².